The summed E-state index contributed by atoms with van der Waals surface area (Å²) in [5.74, 6) is 0.794. The van der Waals surface area contributed by atoms with Crippen molar-refractivity contribution in [1.29, 1.82) is 0 Å². The van der Waals surface area contributed by atoms with E-state index in [1.54, 1.807) is 11.0 Å². The maximum absolute atomic E-state index is 6.23. The molecule has 0 bridgehead atoms. The van der Waals surface area contributed by atoms with Gasteiger partial charge in [-0.1, -0.05) is 6.92 Å². The Morgan fingerprint density at radius 2 is 2.24 bits per heavy atom. The summed E-state index contributed by atoms with van der Waals surface area (Å²) in [6.45, 7) is 4.89. The van der Waals surface area contributed by atoms with Gasteiger partial charge in [-0.3, -0.25) is 4.68 Å². The molecule has 1 atom stereocenters. The Labute approximate surface area is 100 Å². The van der Waals surface area contributed by atoms with Crippen LogP contribution in [-0.4, -0.2) is 24.5 Å². The molecule has 2 rings (SSSR count). The average Bonchev–Trinajstić information content (AvgIpc) is 2.85. The van der Waals surface area contributed by atoms with Crippen molar-refractivity contribution in [2.45, 2.75) is 32.9 Å². The maximum atomic E-state index is 6.23. The highest BCUT2D eigenvalue weighted by Gasteiger charge is 2.19. The smallest absolute Gasteiger partial charge is 0.148 e. The molecule has 1 unspecified atom stereocenters. The third-order valence-electron chi connectivity index (χ3n) is 2.75. The van der Waals surface area contributed by atoms with Gasteiger partial charge in [0.25, 0.3) is 0 Å². The maximum Gasteiger partial charge on any atom is 0.148 e. The fourth-order valence-electron chi connectivity index (χ4n) is 1.96. The lowest BCUT2D eigenvalue weighted by Gasteiger charge is -2.11. The zero-order valence-corrected chi connectivity index (χ0v) is 10.5. The fraction of sp³-hybridized carbons (Fsp3) is 0.545. The van der Waals surface area contributed by atoms with Crippen LogP contribution in [0.1, 0.15) is 36.5 Å². The normalized spacial score (nSPS) is 12.9. The number of aryl methyl sites for hydroxylation is 3. The first-order valence-electron chi connectivity index (χ1n) is 5.77. The van der Waals surface area contributed by atoms with Gasteiger partial charge in [0.2, 0.25) is 0 Å². The minimum atomic E-state index is -0.266. The van der Waals surface area contributed by atoms with Crippen molar-refractivity contribution in [3.05, 3.63) is 29.6 Å². The summed E-state index contributed by atoms with van der Waals surface area (Å²) in [4.78, 5) is 4.25. The van der Waals surface area contributed by atoms with Gasteiger partial charge in [0.15, 0.2) is 0 Å². The lowest BCUT2D eigenvalue weighted by atomic mass is 10.1. The van der Waals surface area contributed by atoms with E-state index in [1.165, 1.54) is 0 Å². The molecule has 0 amide bonds. The molecule has 92 valence electrons. The van der Waals surface area contributed by atoms with E-state index in [1.807, 2.05) is 24.9 Å². The fourth-order valence-corrected chi connectivity index (χ4v) is 1.96. The third kappa shape index (κ3) is 2.21. The Kier molecular flexibility index (Phi) is 3.23. The predicted octanol–water partition coefficient (Wildman–Crippen LogP) is 0.778. The molecule has 2 heterocycles. The number of rotatable bonds is 4. The zero-order chi connectivity index (χ0) is 12.4. The molecule has 0 saturated carbocycles. The molecule has 0 fully saturated rings. The number of hydrogen-bond donors (Lipinski definition) is 1. The molecule has 0 radical (unpaired) electrons. The Balaban J connectivity index is 2.33. The van der Waals surface area contributed by atoms with Crippen molar-refractivity contribution >= 4 is 0 Å². The Morgan fingerprint density at radius 1 is 1.47 bits per heavy atom. The third-order valence-corrected chi connectivity index (χ3v) is 2.75. The van der Waals surface area contributed by atoms with Crippen molar-refractivity contribution in [2.75, 3.05) is 0 Å². The Bertz CT molecular complexity index is 498. The highest BCUT2D eigenvalue weighted by atomic mass is 15.3. The zero-order valence-electron chi connectivity index (χ0n) is 10.5. The molecule has 0 saturated heterocycles. The van der Waals surface area contributed by atoms with Crippen LogP contribution in [0, 0.1) is 6.92 Å². The molecule has 6 heteroatoms. The van der Waals surface area contributed by atoms with Crippen molar-refractivity contribution in [3.63, 3.8) is 0 Å². The van der Waals surface area contributed by atoms with Gasteiger partial charge >= 0.3 is 0 Å². The van der Waals surface area contributed by atoms with Gasteiger partial charge < -0.3 is 5.73 Å². The van der Waals surface area contributed by atoms with Crippen LogP contribution in [0.3, 0.4) is 0 Å². The first-order chi connectivity index (χ1) is 8.13. The minimum absolute atomic E-state index is 0.266. The molecule has 2 N–H and O–H groups in total. The van der Waals surface area contributed by atoms with Crippen LogP contribution >= 0.6 is 0 Å². The molecule has 0 aliphatic rings. The monoisotopic (exact) mass is 234 g/mol. The molecular formula is C11H18N6. The van der Waals surface area contributed by atoms with Crippen LogP contribution in [0.2, 0.25) is 0 Å². The molecule has 2 aromatic heterocycles. The predicted molar refractivity (Wildman–Crippen MR) is 64.3 cm³/mol. The standard InChI is InChI=1S/C11H18N6/c1-4-5-17-11(13-7-14-17)10(12)9-6-16(3)15-8(9)2/h6-7,10H,4-5,12H2,1-3H3. The first-order valence-corrected chi connectivity index (χ1v) is 5.77. The summed E-state index contributed by atoms with van der Waals surface area (Å²) in [5.41, 5.74) is 8.16. The van der Waals surface area contributed by atoms with Gasteiger partial charge in [0.1, 0.15) is 12.2 Å². The number of nitrogens with zero attached hydrogens (tertiary/aromatic N) is 5. The summed E-state index contributed by atoms with van der Waals surface area (Å²) < 4.78 is 3.63. The largest absolute Gasteiger partial charge is 0.318 e. The van der Waals surface area contributed by atoms with E-state index >= 15 is 0 Å². The molecule has 0 aliphatic heterocycles. The summed E-state index contributed by atoms with van der Waals surface area (Å²) in [6.07, 6.45) is 4.50. The van der Waals surface area contributed by atoms with Crippen molar-refractivity contribution in [2.24, 2.45) is 12.8 Å². The lowest BCUT2D eigenvalue weighted by molar-refractivity contribution is 0.552. The van der Waals surface area contributed by atoms with Crippen LogP contribution < -0.4 is 5.73 Å². The quantitative estimate of drug-likeness (QED) is 0.848. The van der Waals surface area contributed by atoms with E-state index in [0.717, 1.165) is 30.0 Å². The lowest BCUT2D eigenvalue weighted by Crippen LogP contribution is -2.19. The topological polar surface area (TPSA) is 74.6 Å². The van der Waals surface area contributed by atoms with Gasteiger partial charge in [-0.2, -0.15) is 10.2 Å². The second-order valence-corrected chi connectivity index (χ2v) is 4.16. The van der Waals surface area contributed by atoms with Crippen LogP contribution in [-0.2, 0) is 13.6 Å². The number of nitrogens with two attached hydrogens (primary N) is 1. The molecule has 0 spiro atoms. The number of hydrogen-bond acceptors (Lipinski definition) is 4. The summed E-state index contributed by atoms with van der Waals surface area (Å²) >= 11 is 0. The molecule has 0 aliphatic carbocycles. The van der Waals surface area contributed by atoms with Crippen LogP contribution in [0.5, 0.6) is 0 Å². The van der Waals surface area contributed by atoms with Crippen LogP contribution in [0.4, 0.5) is 0 Å². The van der Waals surface area contributed by atoms with Crippen molar-refractivity contribution in [3.8, 4) is 0 Å². The van der Waals surface area contributed by atoms with Gasteiger partial charge in [0, 0.05) is 25.4 Å². The van der Waals surface area contributed by atoms with Gasteiger partial charge in [-0.05, 0) is 13.3 Å². The van der Waals surface area contributed by atoms with Gasteiger partial charge in [-0.15, -0.1) is 0 Å². The van der Waals surface area contributed by atoms with Crippen LogP contribution in [0.25, 0.3) is 0 Å². The Morgan fingerprint density at radius 3 is 2.82 bits per heavy atom. The van der Waals surface area contributed by atoms with E-state index in [-0.39, 0.29) is 6.04 Å². The Hall–Kier alpha value is -1.69. The van der Waals surface area contributed by atoms with E-state index in [9.17, 15) is 0 Å². The van der Waals surface area contributed by atoms with Gasteiger partial charge in [0.05, 0.1) is 11.7 Å². The summed E-state index contributed by atoms with van der Waals surface area (Å²) in [5, 5.41) is 8.48. The second kappa shape index (κ2) is 4.67. The minimum Gasteiger partial charge on any atom is -0.318 e. The van der Waals surface area contributed by atoms with Crippen molar-refractivity contribution in [1.82, 2.24) is 24.5 Å². The molecule has 0 aromatic carbocycles. The second-order valence-electron chi connectivity index (χ2n) is 4.16. The van der Waals surface area contributed by atoms with Crippen molar-refractivity contribution < 1.29 is 0 Å². The molecule has 2 aromatic rings. The summed E-state index contributed by atoms with van der Waals surface area (Å²) in [7, 11) is 1.89. The molecule has 17 heavy (non-hydrogen) atoms. The van der Waals surface area contributed by atoms with Gasteiger partial charge in [-0.25, -0.2) is 9.67 Å². The van der Waals surface area contributed by atoms with E-state index in [4.69, 9.17) is 5.73 Å². The highest BCUT2D eigenvalue weighted by molar-refractivity contribution is 5.25. The van der Waals surface area contributed by atoms with E-state index < -0.39 is 0 Å². The average molecular weight is 234 g/mol. The highest BCUT2D eigenvalue weighted by Crippen LogP contribution is 2.19. The molecular weight excluding hydrogens is 216 g/mol. The number of aromatic nitrogens is 5. The summed E-state index contributed by atoms with van der Waals surface area (Å²) in [6, 6.07) is -0.266. The van der Waals surface area contributed by atoms with E-state index in [2.05, 4.69) is 22.1 Å². The molecule has 6 nitrogen and oxygen atoms in total. The SMILES string of the molecule is CCCn1ncnc1C(N)c1cn(C)nc1C. The van der Waals surface area contributed by atoms with Crippen LogP contribution in [0.15, 0.2) is 12.5 Å². The first kappa shape index (κ1) is 11.8. The van der Waals surface area contributed by atoms with E-state index in [0.29, 0.717) is 0 Å².